The van der Waals surface area contributed by atoms with Gasteiger partial charge in [-0.25, -0.2) is 19.4 Å². The molecule has 2 aromatic rings. The molecule has 3 N–H and O–H groups in total. The van der Waals surface area contributed by atoms with Gasteiger partial charge in [0.1, 0.15) is 28.1 Å². The molecule has 0 saturated heterocycles. The largest absolute Gasteiger partial charge is 0.444 e. The Morgan fingerprint density at radius 2 is 2.20 bits per heavy atom. The highest BCUT2D eigenvalue weighted by molar-refractivity contribution is 14.1. The Kier molecular flexibility index (Phi) is 3.97. The van der Waals surface area contributed by atoms with E-state index in [2.05, 4.69) is 20.4 Å². The van der Waals surface area contributed by atoms with Crippen molar-refractivity contribution in [1.29, 1.82) is 0 Å². The summed E-state index contributed by atoms with van der Waals surface area (Å²) in [6.07, 6.45) is 0.845. The number of fused-ring (bicyclic) bond motifs is 1. The normalized spacial score (nSPS) is 11.6. The van der Waals surface area contributed by atoms with Crippen molar-refractivity contribution < 1.29 is 9.53 Å². The molecule has 0 bridgehead atoms. The highest BCUT2D eigenvalue weighted by atomic mass is 127. The fourth-order valence-electron chi connectivity index (χ4n) is 1.55. The molecule has 0 saturated carbocycles. The van der Waals surface area contributed by atoms with Gasteiger partial charge in [0.2, 0.25) is 0 Å². The van der Waals surface area contributed by atoms with Crippen LogP contribution >= 0.6 is 22.6 Å². The van der Waals surface area contributed by atoms with Gasteiger partial charge in [-0.1, -0.05) is 0 Å². The van der Waals surface area contributed by atoms with E-state index in [9.17, 15) is 4.79 Å². The summed E-state index contributed by atoms with van der Waals surface area (Å²) in [4.78, 5) is 19.7. The van der Waals surface area contributed by atoms with Crippen molar-refractivity contribution in [3.63, 3.8) is 0 Å². The molecule has 2 heterocycles. The molecule has 0 fully saturated rings. The molecular formula is C11H15IN6O2. The molecule has 8 nitrogen and oxygen atoms in total. The maximum atomic E-state index is 11.6. The monoisotopic (exact) mass is 390 g/mol. The van der Waals surface area contributed by atoms with E-state index >= 15 is 0 Å². The maximum absolute atomic E-state index is 11.6. The Balaban J connectivity index is 2.15. The molecule has 108 valence electrons. The Labute approximate surface area is 129 Å². The number of nitrogen functional groups attached to an aromatic ring is 1. The highest BCUT2D eigenvalue weighted by Crippen LogP contribution is 2.21. The smallest absolute Gasteiger partial charge is 0.409 e. The molecule has 0 aliphatic rings. The number of carbonyl (C=O) groups excluding carboxylic acids is 1. The van der Waals surface area contributed by atoms with Crippen molar-refractivity contribution in [3.8, 4) is 0 Å². The summed E-state index contributed by atoms with van der Waals surface area (Å²) >= 11 is 2.05. The van der Waals surface area contributed by atoms with E-state index in [1.165, 1.54) is 6.33 Å². The van der Waals surface area contributed by atoms with Gasteiger partial charge in [-0.3, -0.25) is 0 Å². The van der Waals surface area contributed by atoms with Crippen molar-refractivity contribution in [2.75, 3.05) is 5.73 Å². The second-order valence-corrected chi connectivity index (χ2v) is 6.11. The molecule has 1 amide bonds. The van der Waals surface area contributed by atoms with Crippen LogP contribution in [0.5, 0.6) is 0 Å². The van der Waals surface area contributed by atoms with Crippen molar-refractivity contribution >= 4 is 45.5 Å². The van der Waals surface area contributed by atoms with Gasteiger partial charge in [0.05, 0.1) is 5.39 Å². The highest BCUT2D eigenvalue weighted by Gasteiger charge is 2.17. The molecule has 0 aliphatic heterocycles. The number of nitrogens with one attached hydrogen (secondary N) is 1. The van der Waals surface area contributed by atoms with Crippen LogP contribution in [-0.2, 0) is 11.4 Å². The van der Waals surface area contributed by atoms with E-state index in [-0.39, 0.29) is 6.67 Å². The lowest BCUT2D eigenvalue weighted by atomic mass is 10.2. The Hall–Kier alpha value is -1.65. The van der Waals surface area contributed by atoms with Crippen LogP contribution < -0.4 is 11.1 Å². The number of aromatic nitrogens is 4. The summed E-state index contributed by atoms with van der Waals surface area (Å²) in [5.41, 5.74) is 5.81. The minimum Gasteiger partial charge on any atom is -0.444 e. The summed E-state index contributed by atoms with van der Waals surface area (Å²) in [7, 11) is 0. The minimum atomic E-state index is -0.544. The van der Waals surface area contributed by atoms with Crippen molar-refractivity contribution in [2.45, 2.75) is 33.0 Å². The molecule has 2 rings (SSSR count). The first kappa shape index (κ1) is 14.8. The number of rotatable bonds is 2. The third-order valence-electron chi connectivity index (χ3n) is 2.29. The van der Waals surface area contributed by atoms with Crippen LogP contribution in [0.4, 0.5) is 10.6 Å². The van der Waals surface area contributed by atoms with Gasteiger partial charge in [0.15, 0.2) is 5.65 Å². The van der Waals surface area contributed by atoms with Crippen molar-refractivity contribution in [2.24, 2.45) is 0 Å². The lowest BCUT2D eigenvalue weighted by Gasteiger charge is -2.19. The fraction of sp³-hybridized carbons (Fsp3) is 0.455. The minimum absolute atomic E-state index is 0.144. The van der Waals surface area contributed by atoms with Gasteiger partial charge in [-0.15, -0.1) is 0 Å². The van der Waals surface area contributed by atoms with Crippen LogP contribution in [-0.4, -0.2) is 31.4 Å². The van der Waals surface area contributed by atoms with Crippen LogP contribution in [0.2, 0.25) is 0 Å². The fourth-order valence-corrected chi connectivity index (χ4v) is 2.33. The third-order valence-corrected chi connectivity index (χ3v) is 3.04. The van der Waals surface area contributed by atoms with Crippen LogP contribution in [0.1, 0.15) is 20.8 Å². The van der Waals surface area contributed by atoms with E-state index in [1.54, 1.807) is 25.5 Å². The summed E-state index contributed by atoms with van der Waals surface area (Å²) in [5.74, 6) is 0.364. The van der Waals surface area contributed by atoms with E-state index < -0.39 is 11.7 Å². The topological polar surface area (TPSA) is 108 Å². The maximum Gasteiger partial charge on any atom is 0.409 e. The van der Waals surface area contributed by atoms with Gasteiger partial charge < -0.3 is 15.8 Å². The van der Waals surface area contributed by atoms with Crippen LogP contribution in [0.15, 0.2) is 6.33 Å². The second kappa shape index (κ2) is 5.38. The Morgan fingerprint density at radius 3 is 2.85 bits per heavy atom. The number of alkyl carbamates (subject to hydrolysis) is 1. The number of hydrogen-bond donors (Lipinski definition) is 2. The molecule has 0 aromatic carbocycles. The molecule has 0 radical (unpaired) electrons. The summed E-state index contributed by atoms with van der Waals surface area (Å²) in [5, 5.41) is 7.56. The standard InChI is InChI=1S/C11H15IN6O2/c1-11(2,3)20-10(19)16-5-18-9-6(7(12)17-18)8(13)14-4-15-9/h4H,5H2,1-3H3,(H,16,19)(H2,13,14,15). The summed E-state index contributed by atoms with van der Waals surface area (Å²) in [6.45, 7) is 5.54. The van der Waals surface area contributed by atoms with E-state index in [1.807, 2.05) is 22.6 Å². The number of anilines is 1. The predicted octanol–water partition coefficient (Wildman–Crippen LogP) is 1.50. The SMILES string of the molecule is CC(C)(C)OC(=O)NCn1nc(I)c2c(N)ncnc21. The quantitative estimate of drug-likeness (QED) is 0.753. The van der Waals surface area contributed by atoms with Gasteiger partial charge in [0.25, 0.3) is 0 Å². The van der Waals surface area contributed by atoms with Crippen LogP contribution in [0, 0.1) is 3.70 Å². The number of amides is 1. The summed E-state index contributed by atoms with van der Waals surface area (Å²) in [6, 6.07) is 0. The van der Waals surface area contributed by atoms with Crippen molar-refractivity contribution in [1.82, 2.24) is 25.1 Å². The zero-order valence-electron chi connectivity index (χ0n) is 11.3. The molecule has 20 heavy (non-hydrogen) atoms. The Bertz CT molecular complexity index is 648. The van der Waals surface area contributed by atoms with Gasteiger partial charge in [-0.05, 0) is 43.4 Å². The van der Waals surface area contributed by atoms with Gasteiger partial charge in [0, 0.05) is 0 Å². The average molecular weight is 390 g/mol. The van der Waals surface area contributed by atoms with E-state index in [0.29, 0.717) is 20.6 Å². The molecule has 2 aromatic heterocycles. The zero-order valence-corrected chi connectivity index (χ0v) is 13.5. The number of ether oxygens (including phenoxy) is 1. The number of nitrogens with zero attached hydrogens (tertiary/aromatic N) is 4. The number of hydrogen-bond acceptors (Lipinski definition) is 6. The first-order valence-electron chi connectivity index (χ1n) is 5.87. The summed E-state index contributed by atoms with van der Waals surface area (Å²) < 4.78 is 7.37. The van der Waals surface area contributed by atoms with Crippen LogP contribution in [0.3, 0.4) is 0 Å². The molecule has 9 heteroatoms. The number of nitrogens with two attached hydrogens (primary N) is 1. The molecule has 0 atom stereocenters. The lowest BCUT2D eigenvalue weighted by molar-refractivity contribution is 0.0509. The average Bonchev–Trinajstić information content (AvgIpc) is 2.63. The number of halogens is 1. The third kappa shape index (κ3) is 3.26. The number of carbonyl (C=O) groups is 1. The van der Waals surface area contributed by atoms with Crippen molar-refractivity contribution in [3.05, 3.63) is 10.0 Å². The lowest BCUT2D eigenvalue weighted by Crippen LogP contribution is -2.33. The molecule has 0 aliphatic carbocycles. The van der Waals surface area contributed by atoms with Crippen LogP contribution in [0.25, 0.3) is 11.0 Å². The predicted molar refractivity (Wildman–Crippen MR) is 81.8 cm³/mol. The van der Waals surface area contributed by atoms with E-state index in [0.717, 1.165) is 0 Å². The first-order valence-corrected chi connectivity index (χ1v) is 6.95. The van der Waals surface area contributed by atoms with E-state index in [4.69, 9.17) is 10.5 Å². The molecule has 0 spiro atoms. The Morgan fingerprint density at radius 1 is 1.50 bits per heavy atom. The van der Waals surface area contributed by atoms with Gasteiger partial charge >= 0.3 is 6.09 Å². The second-order valence-electron chi connectivity index (χ2n) is 5.08. The molecule has 0 unspecified atom stereocenters. The first-order chi connectivity index (χ1) is 9.28. The zero-order chi connectivity index (χ0) is 14.9. The van der Waals surface area contributed by atoms with Gasteiger partial charge in [-0.2, -0.15) is 5.10 Å². The molecular weight excluding hydrogens is 375 g/mol.